The lowest BCUT2D eigenvalue weighted by molar-refractivity contribution is 0.0639. The van der Waals surface area contributed by atoms with Crippen LogP contribution in [0.2, 0.25) is 0 Å². The number of rotatable bonds is 5. The van der Waals surface area contributed by atoms with E-state index in [1.165, 1.54) is 26.3 Å². The van der Waals surface area contributed by atoms with Gasteiger partial charge in [-0.15, -0.1) is 11.3 Å². The van der Waals surface area contributed by atoms with Gasteiger partial charge in [0.15, 0.2) is 0 Å². The van der Waals surface area contributed by atoms with Gasteiger partial charge in [-0.3, -0.25) is 0 Å². The number of aromatic carboxylic acids is 1. The average Bonchev–Trinajstić information content (AvgIpc) is 2.63. The molecule has 0 spiro atoms. The van der Waals surface area contributed by atoms with E-state index in [2.05, 4.69) is 0 Å². The highest BCUT2D eigenvalue weighted by Gasteiger charge is 2.28. The molecule has 0 saturated heterocycles. The average molecular weight is 293 g/mol. The van der Waals surface area contributed by atoms with Gasteiger partial charge in [-0.25, -0.2) is 13.2 Å². The predicted octanol–water partition coefficient (Wildman–Crippen LogP) is 0.838. The van der Waals surface area contributed by atoms with Gasteiger partial charge >= 0.3 is 5.97 Å². The first-order valence-electron chi connectivity index (χ1n) is 5.04. The highest BCUT2D eigenvalue weighted by Crippen LogP contribution is 2.24. The molecule has 1 rings (SSSR count). The van der Waals surface area contributed by atoms with Crippen LogP contribution in [0.1, 0.15) is 24.2 Å². The summed E-state index contributed by atoms with van der Waals surface area (Å²) in [6.07, 6.45) is 0. The van der Waals surface area contributed by atoms with E-state index in [4.69, 9.17) is 5.11 Å². The van der Waals surface area contributed by atoms with E-state index in [1.54, 1.807) is 0 Å². The summed E-state index contributed by atoms with van der Waals surface area (Å²) in [5, 5.41) is 19.6. The molecule has 102 valence electrons. The fourth-order valence-corrected chi connectivity index (χ4v) is 4.04. The number of sulfonamides is 1. The molecule has 0 bridgehead atoms. The van der Waals surface area contributed by atoms with Crippen molar-refractivity contribution in [2.75, 3.05) is 13.6 Å². The van der Waals surface area contributed by atoms with Crippen LogP contribution in [0.15, 0.2) is 15.7 Å². The van der Waals surface area contributed by atoms with E-state index in [0.717, 1.165) is 21.7 Å². The molecule has 1 heterocycles. The Hall–Kier alpha value is -0.960. The zero-order chi connectivity index (χ0) is 14.1. The number of nitrogens with zero attached hydrogens (tertiary/aromatic N) is 1. The van der Waals surface area contributed by atoms with Gasteiger partial charge in [0.05, 0.1) is 11.2 Å². The van der Waals surface area contributed by atoms with Crippen LogP contribution in [-0.2, 0) is 10.0 Å². The van der Waals surface area contributed by atoms with E-state index in [0.29, 0.717) is 0 Å². The maximum Gasteiger partial charge on any atom is 0.336 e. The Morgan fingerprint density at radius 1 is 1.50 bits per heavy atom. The molecule has 8 heteroatoms. The quantitative estimate of drug-likeness (QED) is 0.838. The van der Waals surface area contributed by atoms with Crippen LogP contribution in [0, 0.1) is 0 Å². The second-order valence-electron chi connectivity index (χ2n) is 4.53. The lowest BCUT2D eigenvalue weighted by Crippen LogP contribution is -2.39. The summed E-state index contributed by atoms with van der Waals surface area (Å²) in [6.45, 7) is 2.92. The van der Waals surface area contributed by atoms with Crippen LogP contribution in [-0.4, -0.2) is 48.1 Å². The highest BCUT2D eigenvalue weighted by molar-refractivity contribution is 7.91. The minimum absolute atomic E-state index is 0.0494. The molecule has 0 atom stereocenters. The second kappa shape index (κ2) is 4.96. The fourth-order valence-electron chi connectivity index (χ4n) is 1.35. The third-order valence-electron chi connectivity index (χ3n) is 2.10. The number of carbonyl (C=O) groups is 1. The van der Waals surface area contributed by atoms with Crippen LogP contribution in [0.4, 0.5) is 0 Å². The van der Waals surface area contributed by atoms with Gasteiger partial charge in [0.25, 0.3) is 10.0 Å². The molecule has 18 heavy (non-hydrogen) atoms. The summed E-state index contributed by atoms with van der Waals surface area (Å²) in [7, 11) is -2.42. The summed E-state index contributed by atoms with van der Waals surface area (Å²) < 4.78 is 25.1. The molecule has 0 aliphatic rings. The van der Waals surface area contributed by atoms with Crippen LogP contribution >= 0.6 is 11.3 Å². The van der Waals surface area contributed by atoms with E-state index in [-0.39, 0.29) is 16.3 Å². The summed E-state index contributed by atoms with van der Waals surface area (Å²) in [6, 6.07) is 1.11. The topological polar surface area (TPSA) is 94.9 Å². The van der Waals surface area contributed by atoms with Gasteiger partial charge in [-0.05, 0) is 19.9 Å². The first kappa shape index (κ1) is 15.1. The van der Waals surface area contributed by atoms with E-state index in [1.807, 2.05) is 0 Å². The van der Waals surface area contributed by atoms with Crippen molar-refractivity contribution in [3.63, 3.8) is 0 Å². The molecule has 1 aromatic rings. The molecule has 0 amide bonds. The summed E-state index contributed by atoms with van der Waals surface area (Å²) in [4.78, 5) is 10.7. The van der Waals surface area contributed by atoms with Gasteiger partial charge in [0, 0.05) is 19.0 Å². The Balaban J connectivity index is 3.02. The third kappa shape index (κ3) is 3.52. The molecule has 0 radical (unpaired) electrons. The molecule has 0 unspecified atom stereocenters. The van der Waals surface area contributed by atoms with Crippen LogP contribution in [0.25, 0.3) is 0 Å². The molecule has 6 nitrogen and oxygen atoms in total. The Morgan fingerprint density at radius 2 is 2.06 bits per heavy atom. The number of carboxylic acids is 1. The molecular weight excluding hydrogens is 278 g/mol. The predicted molar refractivity (Wildman–Crippen MR) is 67.4 cm³/mol. The Bertz CT molecular complexity index is 541. The molecule has 0 aliphatic heterocycles. The highest BCUT2D eigenvalue weighted by atomic mass is 32.2. The van der Waals surface area contributed by atoms with Crippen molar-refractivity contribution in [2.45, 2.75) is 23.7 Å². The van der Waals surface area contributed by atoms with Crippen molar-refractivity contribution in [3.8, 4) is 0 Å². The summed E-state index contributed by atoms with van der Waals surface area (Å²) >= 11 is 0.847. The van der Waals surface area contributed by atoms with Gasteiger partial charge in [-0.2, -0.15) is 4.31 Å². The van der Waals surface area contributed by atoms with Crippen molar-refractivity contribution in [1.82, 2.24) is 4.31 Å². The maximum absolute atomic E-state index is 12.1. The molecule has 0 aromatic carbocycles. The van der Waals surface area contributed by atoms with E-state index < -0.39 is 21.6 Å². The lowest BCUT2D eigenvalue weighted by atomic mass is 10.1. The number of likely N-dealkylation sites (N-methyl/N-ethyl adjacent to an activating group) is 1. The normalized spacial score (nSPS) is 12.9. The summed E-state index contributed by atoms with van der Waals surface area (Å²) in [5.74, 6) is -1.17. The zero-order valence-electron chi connectivity index (χ0n) is 10.2. The van der Waals surface area contributed by atoms with Crippen LogP contribution in [0.5, 0.6) is 0 Å². The molecular formula is C10H15NO5S2. The molecule has 0 fully saturated rings. The van der Waals surface area contributed by atoms with Gasteiger partial charge in [0.1, 0.15) is 4.21 Å². The Kier molecular flexibility index (Phi) is 4.16. The minimum Gasteiger partial charge on any atom is -0.478 e. The Labute approximate surface area is 110 Å². The first-order chi connectivity index (χ1) is 8.04. The van der Waals surface area contributed by atoms with Crippen molar-refractivity contribution >= 4 is 27.3 Å². The monoisotopic (exact) mass is 293 g/mol. The standard InChI is InChI=1S/C10H15NO5S2/c1-10(2,14)6-11(3)18(15,16)8-4-7(5-17-8)9(12)13/h4-5,14H,6H2,1-3H3,(H,12,13). The fraction of sp³-hybridized carbons (Fsp3) is 0.500. The van der Waals surface area contributed by atoms with Crippen LogP contribution < -0.4 is 0 Å². The zero-order valence-corrected chi connectivity index (χ0v) is 11.9. The van der Waals surface area contributed by atoms with E-state index >= 15 is 0 Å². The number of hydrogen-bond donors (Lipinski definition) is 2. The summed E-state index contributed by atoms with van der Waals surface area (Å²) in [5.41, 5.74) is -1.22. The minimum atomic E-state index is -3.76. The van der Waals surface area contributed by atoms with Crippen LogP contribution in [0.3, 0.4) is 0 Å². The first-order valence-corrected chi connectivity index (χ1v) is 7.36. The SMILES string of the molecule is CN(CC(C)(C)O)S(=O)(=O)c1cc(C(=O)O)cs1. The maximum atomic E-state index is 12.1. The van der Waals surface area contributed by atoms with Gasteiger partial charge < -0.3 is 10.2 Å². The van der Waals surface area contributed by atoms with Gasteiger partial charge in [0.2, 0.25) is 0 Å². The number of thiophene rings is 1. The molecule has 0 saturated carbocycles. The number of carboxylic acid groups (broad SMARTS) is 1. The Morgan fingerprint density at radius 3 is 2.44 bits per heavy atom. The van der Waals surface area contributed by atoms with Crippen molar-refractivity contribution in [3.05, 3.63) is 17.0 Å². The smallest absolute Gasteiger partial charge is 0.336 e. The molecule has 1 aromatic heterocycles. The van der Waals surface area contributed by atoms with Crippen molar-refractivity contribution in [2.24, 2.45) is 0 Å². The number of aliphatic hydroxyl groups is 1. The van der Waals surface area contributed by atoms with Crippen molar-refractivity contribution in [1.29, 1.82) is 0 Å². The molecule has 0 aliphatic carbocycles. The lowest BCUT2D eigenvalue weighted by Gasteiger charge is -2.24. The third-order valence-corrected chi connectivity index (χ3v) is 5.32. The largest absolute Gasteiger partial charge is 0.478 e. The molecule has 2 N–H and O–H groups in total. The second-order valence-corrected chi connectivity index (χ2v) is 7.72. The number of hydrogen-bond acceptors (Lipinski definition) is 5. The van der Waals surface area contributed by atoms with E-state index in [9.17, 15) is 18.3 Å². The van der Waals surface area contributed by atoms with Gasteiger partial charge in [-0.1, -0.05) is 0 Å². The van der Waals surface area contributed by atoms with Crippen molar-refractivity contribution < 1.29 is 23.4 Å².